The fourth-order valence-corrected chi connectivity index (χ4v) is 8.38. The van der Waals surface area contributed by atoms with Crippen LogP contribution >= 0.6 is 0 Å². The molecule has 4 unspecified atom stereocenters. The van der Waals surface area contributed by atoms with Crippen molar-refractivity contribution >= 4 is 35.1 Å². The smallest absolute Gasteiger partial charge is 0.394 e. The number of aliphatic carboxylic acids is 2. The first kappa shape index (κ1) is 24.8. The largest absolute Gasteiger partial charge is 0.474 e. The quantitative estimate of drug-likeness (QED) is 0.526. The predicted molar refractivity (Wildman–Crippen MR) is 133 cm³/mol. The maximum atomic E-state index is 13.0. The van der Waals surface area contributed by atoms with Crippen LogP contribution in [0, 0.1) is 35.5 Å². The Bertz CT molecular complexity index is 1010. The number of hydrogen-bond acceptors (Lipinski definition) is 4. The molecule has 2 amide bonds. The van der Waals surface area contributed by atoms with Crippen molar-refractivity contribution in [3.63, 3.8) is 0 Å². The monoisotopic (exact) mass is 496 g/mol. The van der Waals surface area contributed by atoms with Gasteiger partial charge in [-0.1, -0.05) is 50.7 Å². The van der Waals surface area contributed by atoms with Crippen molar-refractivity contribution in [2.75, 3.05) is 10.2 Å². The van der Waals surface area contributed by atoms with Gasteiger partial charge in [-0.15, -0.1) is 0 Å². The number of nitrogens with one attached hydrogen (secondary N) is 1. The molecular weight excluding hydrogens is 460 g/mol. The Kier molecular flexibility index (Phi) is 7.04. The first-order chi connectivity index (χ1) is 17.3. The van der Waals surface area contributed by atoms with Crippen LogP contribution in [0.5, 0.6) is 0 Å². The molecule has 3 N–H and O–H groups in total. The van der Waals surface area contributed by atoms with Crippen LogP contribution in [0.3, 0.4) is 0 Å². The van der Waals surface area contributed by atoms with E-state index in [0.717, 1.165) is 43.4 Å². The van der Waals surface area contributed by atoms with Crippen molar-refractivity contribution in [1.29, 1.82) is 0 Å². The van der Waals surface area contributed by atoms with Crippen LogP contribution in [0.1, 0.15) is 70.6 Å². The molecule has 0 saturated heterocycles. The molecule has 4 aliphatic rings. The molecule has 0 aromatic heterocycles. The number of para-hydroxylation sites is 2. The summed E-state index contributed by atoms with van der Waals surface area (Å²) in [6.45, 7) is 0. The number of carboxylic acid groups (broad SMARTS) is 2. The second-order valence-corrected chi connectivity index (χ2v) is 11.5. The van der Waals surface area contributed by atoms with E-state index in [1.54, 1.807) is 18.2 Å². The number of hydrogen-bond donors (Lipinski definition) is 3. The average Bonchev–Trinajstić information content (AvgIpc) is 2.84. The molecule has 8 heteroatoms. The Morgan fingerprint density at radius 1 is 0.750 bits per heavy atom. The highest BCUT2D eigenvalue weighted by molar-refractivity contribution is 6.39. The molecule has 1 aromatic rings. The van der Waals surface area contributed by atoms with Gasteiger partial charge < -0.3 is 15.5 Å². The molecule has 0 heterocycles. The van der Waals surface area contributed by atoms with E-state index in [4.69, 9.17) is 5.11 Å². The lowest BCUT2D eigenvalue weighted by Crippen LogP contribution is -2.52. The standard InChI is InChI=1S/C28H36N2O6/c31-25(27(33)34)29-22-9-1-2-10-23(22)30(26(32)28(35)36)21-14-18-7-4-8-19(15-21)24(18)20-12-16-5-3-6-17(11-16)13-20/h1-2,9-10,16-21,24H,3-8,11-15H2,(H,29,31)(H,33,34)(H,35,36)/t16-,17?,18?,19?,20?,21?,24?/m0/s1. The number of anilines is 2. The minimum Gasteiger partial charge on any atom is -0.474 e. The molecule has 5 rings (SSSR count). The predicted octanol–water partition coefficient (Wildman–Crippen LogP) is 4.54. The number of amides is 2. The molecule has 4 bridgehead atoms. The molecule has 194 valence electrons. The zero-order valence-electron chi connectivity index (χ0n) is 20.6. The van der Waals surface area contributed by atoms with E-state index in [9.17, 15) is 24.3 Å². The van der Waals surface area contributed by atoms with Crippen molar-refractivity contribution in [3.05, 3.63) is 24.3 Å². The first-order valence-electron chi connectivity index (χ1n) is 13.5. The minimum absolute atomic E-state index is 0.131. The van der Waals surface area contributed by atoms with Gasteiger partial charge in [0, 0.05) is 6.04 Å². The van der Waals surface area contributed by atoms with Gasteiger partial charge in [0.25, 0.3) is 0 Å². The summed E-state index contributed by atoms with van der Waals surface area (Å²) in [7, 11) is 0. The zero-order valence-corrected chi connectivity index (χ0v) is 20.6. The number of benzene rings is 1. The fraction of sp³-hybridized carbons (Fsp3) is 0.643. The third-order valence-electron chi connectivity index (χ3n) is 9.47. The van der Waals surface area contributed by atoms with Crippen LogP contribution in [0.2, 0.25) is 0 Å². The average molecular weight is 497 g/mol. The zero-order chi connectivity index (χ0) is 25.4. The molecule has 4 saturated carbocycles. The molecule has 4 fully saturated rings. The highest BCUT2D eigenvalue weighted by Crippen LogP contribution is 2.55. The Hall–Kier alpha value is -2.90. The van der Waals surface area contributed by atoms with E-state index in [0.29, 0.717) is 17.8 Å². The molecule has 36 heavy (non-hydrogen) atoms. The normalized spacial score (nSPS) is 33.3. The molecule has 0 aliphatic heterocycles. The van der Waals surface area contributed by atoms with E-state index in [-0.39, 0.29) is 17.4 Å². The number of nitrogens with zero attached hydrogens (tertiary/aromatic N) is 1. The SMILES string of the molecule is O=C(O)C(=O)Nc1ccccc1N(C(=O)C(=O)O)C1CC2CCCC(C1)C2C1CC2CCC[C@@H](C2)C1. The number of carbonyl (C=O) groups excluding carboxylic acids is 2. The van der Waals surface area contributed by atoms with Crippen LogP contribution < -0.4 is 10.2 Å². The summed E-state index contributed by atoms with van der Waals surface area (Å²) in [5.41, 5.74) is 0.375. The lowest BCUT2D eigenvalue weighted by molar-refractivity contribution is -0.149. The Morgan fingerprint density at radius 2 is 1.36 bits per heavy atom. The number of carboxylic acids is 2. The van der Waals surface area contributed by atoms with E-state index < -0.39 is 23.8 Å². The van der Waals surface area contributed by atoms with Crippen LogP contribution in [-0.2, 0) is 19.2 Å². The Morgan fingerprint density at radius 3 is 1.97 bits per heavy atom. The minimum atomic E-state index is -1.65. The summed E-state index contributed by atoms with van der Waals surface area (Å²) in [6.07, 6.45) is 13.0. The van der Waals surface area contributed by atoms with Crippen molar-refractivity contribution in [2.45, 2.75) is 76.7 Å². The maximum absolute atomic E-state index is 13.0. The van der Waals surface area contributed by atoms with E-state index in [1.807, 2.05) is 0 Å². The fourth-order valence-electron chi connectivity index (χ4n) is 8.38. The number of carbonyl (C=O) groups is 4. The highest BCUT2D eigenvalue weighted by Gasteiger charge is 2.48. The second-order valence-electron chi connectivity index (χ2n) is 11.5. The van der Waals surface area contributed by atoms with Crippen molar-refractivity contribution in [2.24, 2.45) is 35.5 Å². The van der Waals surface area contributed by atoms with Gasteiger partial charge in [-0.3, -0.25) is 14.5 Å². The Labute approximate surface area is 211 Å². The molecule has 8 nitrogen and oxygen atoms in total. The van der Waals surface area contributed by atoms with Crippen LogP contribution in [0.15, 0.2) is 24.3 Å². The van der Waals surface area contributed by atoms with Crippen LogP contribution in [-0.4, -0.2) is 40.0 Å². The lowest BCUT2D eigenvalue weighted by atomic mass is 9.54. The lowest BCUT2D eigenvalue weighted by Gasteiger charge is -2.53. The van der Waals surface area contributed by atoms with Gasteiger partial charge in [-0.2, -0.15) is 0 Å². The molecule has 4 aliphatic carbocycles. The van der Waals surface area contributed by atoms with Gasteiger partial charge in [-0.05, 0) is 79.7 Å². The topological polar surface area (TPSA) is 124 Å². The summed E-state index contributed by atoms with van der Waals surface area (Å²) < 4.78 is 0. The van der Waals surface area contributed by atoms with Crippen molar-refractivity contribution in [1.82, 2.24) is 0 Å². The van der Waals surface area contributed by atoms with E-state index >= 15 is 0 Å². The summed E-state index contributed by atoms with van der Waals surface area (Å²) >= 11 is 0. The second kappa shape index (κ2) is 10.2. The van der Waals surface area contributed by atoms with Gasteiger partial charge >= 0.3 is 23.8 Å². The van der Waals surface area contributed by atoms with Gasteiger partial charge in [0.2, 0.25) is 0 Å². The summed E-state index contributed by atoms with van der Waals surface area (Å²) in [4.78, 5) is 49.3. The van der Waals surface area contributed by atoms with Gasteiger partial charge in [-0.25, -0.2) is 9.59 Å². The molecule has 0 spiro atoms. The first-order valence-corrected chi connectivity index (χ1v) is 13.5. The van der Waals surface area contributed by atoms with Crippen molar-refractivity contribution < 1.29 is 29.4 Å². The third-order valence-corrected chi connectivity index (χ3v) is 9.47. The van der Waals surface area contributed by atoms with Gasteiger partial charge in [0.1, 0.15) is 0 Å². The molecule has 1 aromatic carbocycles. The number of fused-ring (bicyclic) bond motifs is 4. The molecular formula is C28H36N2O6. The van der Waals surface area contributed by atoms with E-state index in [1.165, 1.54) is 55.9 Å². The summed E-state index contributed by atoms with van der Waals surface area (Å²) in [5, 5.41) is 21.1. The van der Waals surface area contributed by atoms with Crippen LogP contribution in [0.4, 0.5) is 11.4 Å². The maximum Gasteiger partial charge on any atom is 0.394 e. The third kappa shape index (κ3) is 4.87. The summed E-state index contributed by atoms with van der Waals surface area (Å²) in [5.74, 6) is -1.47. The summed E-state index contributed by atoms with van der Waals surface area (Å²) in [6, 6.07) is 6.08. The molecule has 0 radical (unpaired) electrons. The van der Waals surface area contributed by atoms with E-state index in [2.05, 4.69) is 5.32 Å². The van der Waals surface area contributed by atoms with Crippen molar-refractivity contribution in [3.8, 4) is 0 Å². The van der Waals surface area contributed by atoms with Gasteiger partial charge in [0.05, 0.1) is 11.4 Å². The molecule has 5 atom stereocenters. The highest BCUT2D eigenvalue weighted by atomic mass is 16.4. The van der Waals surface area contributed by atoms with Gasteiger partial charge in [0.15, 0.2) is 0 Å². The Balaban J connectivity index is 1.42. The van der Waals surface area contributed by atoms with Crippen LogP contribution in [0.25, 0.3) is 0 Å². The number of rotatable bonds is 4.